The third-order valence-corrected chi connectivity index (χ3v) is 5.66. The molecule has 3 N–H and O–H groups in total. The maximum absolute atomic E-state index is 10.5. The van der Waals surface area contributed by atoms with Gasteiger partial charge < -0.3 is 25.1 Å². The van der Waals surface area contributed by atoms with Gasteiger partial charge in [0.05, 0.1) is 8.07 Å². The molecule has 1 unspecified atom stereocenters. The van der Waals surface area contributed by atoms with Gasteiger partial charge in [-0.1, -0.05) is 19.6 Å². The highest BCUT2D eigenvalue weighted by Gasteiger charge is 2.41. The van der Waals surface area contributed by atoms with Gasteiger partial charge in [0, 0.05) is 19.8 Å². The fraction of sp³-hybridized carbons (Fsp3) is 0.929. The normalized spacial score (nSPS) is 14.8. The van der Waals surface area contributed by atoms with Crippen LogP contribution in [0.4, 0.5) is 0 Å². The van der Waals surface area contributed by atoms with Gasteiger partial charge in [0.15, 0.2) is 6.10 Å². The van der Waals surface area contributed by atoms with Gasteiger partial charge in [-0.15, -0.1) is 0 Å². The van der Waals surface area contributed by atoms with E-state index in [-0.39, 0.29) is 5.67 Å². The van der Waals surface area contributed by atoms with Gasteiger partial charge >= 0.3 is 5.97 Å². The number of nitrogens with two attached hydrogens (primary N) is 1. The first kappa shape index (κ1) is 20.0. The van der Waals surface area contributed by atoms with Crippen LogP contribution in [0.15, 0.2) is 0 Å². The Morgan fingerprint density at radius 1 is 1.10 bits per heavy atom. The van der Waals surface area contributed by atoms with Gasteiger partial charge in [0.2, 0.25) is 0 Å². The molecule has 0 saturated carbocycles. The lowest BCUT2D eigenvalue weighted by Crippen LogP contribution is -2.48. The van der Waals surface area contributed by atoms with Crippen LogP contribution in [0, 0.1) is 6.10 Å². The molecule has 5 nitrogen and oxygen atoms in total. The summed E-state index contributed by atoms with van der Waals surface area (Å²) in [6.07, 6.45) is 1.71. The molecule has 0 aromatic heterocycles. The first-order valence-corrected chi connectivity index (χ1v) is 11.0. The van der Waals surface area contributed by atoms with Gasteiger partial charge in [-0.3, -0.25) is 0 Å². The minimum atomic E-state index is -1.77. The summed E-state index contributed by atoms with van der Waals surface area (Å²) in [4.78, 5) is 0. The summed E-state index contributed by atoms with van der Waals surface area (Å²) in [5.41, 5.74) is 6.36. The second-order valence-electron chi connectivity index (χ2n) is 5.82. The topological polar surface area (TPSA) is 73.9 Å². The molecule has 0 fully saturated rings. The van der Waals surface area contributed by atoms with Crippen molar-refractivity contribution >= 4 is 8.07 Å². The Kier molecular flexibility index (Phi) is 9.13. The summed E-state index contributed by atoms with van der Waals surface area (Å²) >= 11 is 0. The molecule has 0 heterocycles. The quantitative estimate of drug-likeness (QED) is 0.452. The van der Waals surface area contributed by atoms with E-state index in [1.165, 1.54) is 0 Å². The molecule has 0 saturated heterocycles. The largest absolute Gasteiger partial charge is 0.363 e. The number of aliphatic hydroxyl groups is 1. The van der Waals surface area contributed by atoms with Crippen LogP contribution in [0.5, 0.6) is 0 Å². The number of rotatable bonds is 11. The zero-order valence-electron chi connectivity index (χ0n) is 13.9. The Labute approximate surface area is 124 Å². The molecule has 0 aliphatic heterocycles. The molecule has 6 heteroatoms. The average Bonchev–Trinajstić information content (AvgIpc) is 2.33. The Hall–Kier alpha value is 0.0169. The molecule has 0 aromatic rings. The molecule has 1 atom stereocenters. The fourth-order valence-corrected chi connectivity index (χ4v) is 2.82. The Bertz CT molecular complexity index is 252. The zero-order chi connectivity index (χ0) is 15.8. The molecule has 0 rings (SSSR count). The van der Waals surface area contributed by atoms with E-state index >= 15 is 0 Å². The van der Waals surface area contributed by atoms with E-state index in [1.807, 2.05) is 6.92 Å². The van der Waals surface area contributed by atoms with Crippen LogP contribution >= 0.6 is 0 Å². The van der Waals surface area contributed by atoms with Crippen LogP contribution < -0.4 is 5.73 Å². The van der Waals surface area contributed by atoms with E-state index in [4.69, 9.17) is 19.9 Å². The highest BCUT2D eigenvalue weighted by atomic mass is 28.3. The Balaban J connectivity index is 4.75. The van der Waals surface area contributed by atoms with Crippen LogP contribution in [-0.4, -0.2) is 44.6 Å². The summed E-state index contributed by atoms with van der Waals surface area (Å²) in [5.74, 6) is -1.77. The molecule has 121 valence electrons. The van der Waals surface area contributed by atoms with E-state index in [2.05, 4.69) is 19.6 Å². The molecule has 0 aromatic carbocycles. The molecule has 0 amide bonds. The minimum absolute atomic E-state index is 0.144. The lowest BCUT2D eigenvalue weighted by Gasteiger charge is -2.34. The van der Waals surface area contributed by atoms with Crippen LogP contribution in [0.3, 0.4) is 0 Å². The van der Waals surface area contributed by atoms with Crippen molar-refractivity contribution < 1.29 is 19.3 Å². The number of ether oxygens (including phenoxy) is 3. The van der Waals surface area contributed by atoms with E-state index in [1.54, 1.807) is 13.8 Å². The van der Waals surface area contributed by atoms with Gasteiger partial charge in [-0.05, 0) is 39.3 Å². The van der Waals surface area contributed by atoms with Crippen molar-refractivity contribution in [2.75, 3.05) is 19.8 Å². The third kappa shape index (κ3) is 6.65. The first-order chi connectivity index (χ1) is 9.21. The Morgan fingerprint density at radius 3 is 1.95 bits per heavy atom. The number of hydrogen-bond donors (Lipinski definition) is 2. The summed E-state index contributed by atoms with van der Waals surface area (Å²) < 4.78 is 16.2. The monoisotopic (exact) mass is 306 g/mol. The molecule has 0 bridgehead atoms. The second-order valence-corrected chi connectivity index (χ2v) is 11.3. The highest BCUT2D eigenvalue weighted by molar-refractivity contribution is 6.77. The van der Waals surface area contributed by atoms with Gasteiger partial charge in [0.1, 0.15) is 0 Å². The number of hydrogen-bond acceptors (Lipinski definition) is 5. The van der Waals surface area contributed by atoms with Crippen molar-refractivity contribution in [3.05, 3.63) is 6.10 Å². The van der Waals surface area contributed by atoms with Crippen molar-refractivity contribution in [3.8, 4) is 0 Å². The van der Waals surface area contributed by atoms with Crippen molar-refractivity contribution in [3.63, 3.8) is 0 Å². The van der Waals surface area contributed by atoms with Gasteiger partial charge in [0.25, 0.3) is 0 Å². The highest BCUT2D eigenvalue weighted by Crippen LogP contribution is 2.30. The Morgan fingerprint density at radius 2 is 1.60 bits per heavy atom. The van der Waals surface area contributed by atoms with Crippen molar-refractivity contribution in [2.24, 2.45) is 5.73 Å². The van der Waals surface area contributed by atoms with Crippen molar-refractivity contribution in [2.45, 2.75) is 64.9 Å². The second kappa shape index (κ2) is 9.12. The smallest absolute Gasteiger partial charge is 0.314 e. The molecule has 1 radical (unpaired) electrons. The van der Waals surface area contributed by atoms with E-state index in [9.17, 15) is 5.11 Å². The maximum Gasteiger partial charge on any atom is 0.314 e. The summed E-state index contributed by atoms with van der Waals surface area (Å²) in [5, 5.41) is 10.5. The lowest BCUT2D eigenvalue weighted by atomic mass is 10.1. The molecular formula is C14H32NO4Si. The zero-order valence-corrected chi connectivity index (χ0v) is 14.9. The lowest BCUT2D eigenvalue weighted by molar-refractivity contribution is -0.368. The van der Waals surface area contributed by atoms with Crippen LogP contribution in [0.1, 0.15) is 33.6 Å². The summed E-state index contributed by atoms with van der Waals surface area (Å²) in [6, 6.07) is 0. The van der Waals surface area contributed by atoms with Crippen molar-refractivity contribution in [1.82, 2.24) is 0 Å². The third-order valence-electron chi connectivity index (χ3n) is 3.15. The van der Waals surface area contributed by atoms with E-state index < -0.39 is 14.0 Å². The van der Waals surface area contributed by atoms with Gasteiger partial charge in [-0.25, -0.2) is 0 Å². The average molecular weight is 306 g/mol. The molecule has 20 heavy (non-hydrogen) atoms. The molecule has 0 aliphatic carbocycles. The van der Waals surface area contributed by atoms with Crippen LogP contribution in [0.2, 0.25) is 19.6 Å². The van der Waals surface area contributed by atoms with Crippen LogP contribution in [0.25, 0.3) is 0 Å². The van der Waals surface area contributed by atoms with Gasteiger partial charge in [-0.2, -0.15) is 0 Å². The maximum atomic E-state index is 10.5. The van der Waals surface area contributed by atoms with Crippen LogP contribution in [-0.2, 0) is 14.2 Å². The molecular weight excluding hydrogens is 274 g/mol. The standard InChI is InChI=1S/C14H32NO4Si/c1-7-17-12(10-11-13(15)20(4,5)6)14(16,18-8-2)19-9-3/h13,16H,7-11,15H2,1-6H3. The van der Waals surface area contributed by atoms with Crippen molar-refractivity contribution in [1.29, 1.82) is 0 Å². The SMILES string of the molecule is CCO[C](CCC(N)[Si](C)(C)C)C(O)(OCC)OCC. The molecule has 0 spiro atoms. The summed E-state index contributed by atoms with van der Waals surface area (Å²) in [7, 11) is -1.40. The van der Waals surface area contributed by atoms with E-state index in [0.29, 0.717) is 32.3 Å². The predicted octanol–water partition coefficient (Wildman–Crippen LogP) is 2.26. The van der Waals surface area contributed by atoms with E-state index in [0.717, 1.165) is 6.42 Å². The minimum Gasteiger partial charge on any atom is -0.363 e. The fourth-order valence-electron chi connectivity index (χ4n) is 1.81. The predicted molar refractivity (Wildman–Crippen MR) is 83.6 cm³/mol. The first-order valence-electron chi connectivity index (χ1n) is 7.46. The molecule has 0 aliphatic rings. The summed E-state index contributed by atoms with van der Waals surface area (Å²) in [6.45, 7) is 13.3.